The van der Waals surface area contributed by atoms with Crippen LogP contribution in [0.3, 0.4) is 0 Å². The third-order valence-corrected chi connectivity index (χ3v) is 6.56. The van der Waals surface area contributed by atoms with Crippen LogP contribution >= 0.6 is 0 Å². The van der Waals surface area contributed by atoms with E-state index < -0.39 is 0 Å². The number of amides is 1. The van der Waals surface area contributed by atoms with Crippen molar-refractivity contribution in [3.63, 3.8) is 0 Å². The van der Waals surface area contributed by atoms with Crippen LogP contribution in [0.2, 0.25) is 0 Å². The minimum absolute atomic E-state index is 0.0531. The number of hydrogen-bond acceptors (Lipinski definition) is 7. The Morgan fingerprint density at radius 2 is 1.97 bits per heavy atom. The molecule has 1 aromatic rings. The number of allylic oxidation sites excluding steroid dienone is 1. The highest BCUT2D eigenvalue weighted by Gasteiger charge is 2.30. The Bertz CT molecular complexity index is 874. The van der Waals surface area contributed by atoms with E-state index in [2.05, 4.69) is 74.1 Å². The van der Waals surface area contributed by atoms with Crippen LogP contribution in [0.4, 0.5) is 5.69 Å². The Kier molecular flexibility index (Phi) is 5.22. The molecule has 3 atom stereocenters. The van der Waals surface area contributed by atoms with Crippen molar-refractivity contribution in [2.45, 2.75) is 45.6 Å². The van der Waals surface area contributed by atoms with Gasteiger partial charge in [0.1, 0.15) is 6.17 Å². The summed E-state index contributed by atoms with van der Waals surface area (Å²) < 4.78 is 0. The van der Waals surface area contributed by atoms with E-state index in [1.807, 2.05) is 6.20 Å². The van der Waals surface area contributed by atoms with Crippen molar-refractivity contribution in [2.24, 2.45) is 5.92 Å². The molecule has 1 saturated heterocycles. The molecule has 0 bridgehead atoms. The Hall–Kier alpha value is -2.42. The maximum absolute atomic E-state index is 12.2. The van der Waals surface area contributed by atoms with Crippen molar-refractivity contribution in [2.75, 3.05) is 31.5 Å². The zero-order chi connectivity index (χ0) is 20.7. The lowest BCUT2D eigenvalue weighted by Crippen LogP contribution is -2.60. The molecule has 0 saturated carbocycles. The second-order valence-electron chi connectivity index (χ2n) is 8.72. The fraction of sp³-hybridized carbons (Fsp3) is 0.545. The first kappa shape index (κ1) is 19.5. The molecule has 3 unspecified atom stereocenters. The number of piperazine rings is 1. The number of rotatable bonds is 4. The number of hydrogen-bond donors (Lipinski definition) is 3. The van der Waals surface area contributed by atoms with Gasteiger partial charge in [-0.2, -0.15) is 0 Å². The average Bonchev–Trinajstić information content (AvgIpc) is 3.13. The largest absolute Gasteiger partial charge is 0.363 e. The van der Waals surface area contributed by atoms with Crippen LogP contribution < -0.4 is 16.1 Å². The van der Waals surface area contributed by atoms with Gasteiger partial charge in [-0.25, -0.2) is 5.43 Å². The maximum Gasteiger partial charge on any atom is 0.227 e. The smallest absolute Gasteiger partial charge is 0.227 e. The molecule has 0 aliphatic carbocycles. The van der Waals surface area contributed by atoms with Gasteiger partial charge in [0.15, 0.2) is 0 Å². The average molecular weight is 410 g/mol. The molecule has 5 heterocycles. The quantitative estimate of drug-likeness (QED) is 0.646. The van der Waals surface area contributed by atoms with Crippen molar-refractivity contribution < 1.29 is 4.79 Å². The summed E-state index contributed by atoms with van der Waals surface area (Å²) in [6.07, 6.45) is 10.7. The molecule has 4 aliphatic heterocycles. The lowest BCUT2D eigenvalue weighted by molar-refractivity contribution is -0.120. The van der Waals surface area contributed by atoms with Crippen molar-refractivity contribution in [3.8, 4) is 0 Å². The normalized spacial score (nSPS) is 29.1. The van der Waals surface area contributed by atoms with Gasteiger partial charge >= 0.3 is 0 Å². The predicted molar refractivity (Wildman–Crippen MR) is 116 cm³/mol. The summed E-state index contributed by atoms with van der Waals surface area (Å²) in [7, 11) is 0. The molecule has 0 spiro atoms. The zero-order valence-corrected chi connectivity index (χ0v) is 17.8. The van der Waals surface area contributed by atoms with Crippen LogP contribution in [0.15, 0.2) is 36.3 Å². The van der Waals surface area contributed by atoms with Gasteiger partial charge in [-0.15, -0.1) is 0 Å². The molecule has 8 nitrogen and oxygen atoms in total. The SMILES string of the molecule is CCC1Cc2ncc(CN3CCN(C4C=CC5NC(C)=CN5N4)CC3)cc2NC1=O. The summed E-state index contributed by atoms with van der Waals surface area (Å²) in [6.45, 7) is 9.08. The Morgan fingerprint density at radius 1 is 1.17 bits per heavy atom. The molecule has 4 aliphatic rings. The van der Waals surface area contributed by atoms with E-state index in [0.717, 1.165) is 56.9 Å². The topological polar surface area (TPSA) is 75.8 Å². The monoisotopic (exact) mass is 409 g/mol. The van der Waals surface area contributed by atoms with Crippen LogP contribution in [0.1, 0.15) is 31.5 Å². The molecule has 1 aromatic heterocycles. The first-order valence-electron chi connectivity index (χ1n) is 11.0. The Balaban J connectivity index is 1.16. The van der Waals surface area contributed by atoms with E-state index >= 15 is 0 Å². The summed E-state index contributed by atoms with van der Waals surface area (Å²) >= 11 is 0. The summed E-state index contributed by atoms with van der Waals surface area (Å²) in [4.78, 5) is 21.8. The third kappa shape index (κ3) is 3.82. The van der Waals surface area contributed by atoms with Gasteiger partial charge in [-0.05, 0) is 31.1 Å². The lowest BCUT2D eigenvalue weighted by atomic mass is 9.94. The molecule has 3 N–H and O–H groups in total. The molecule has 1 fully saturated rings. The highest BCUT2D eigenvalue weighted by Crippen LogP contribution is 2.27. The zero-order valence-electron chi connectivity index (χ0n) is 17.8. The van der Waals surface area contributed by atoms with Gasteiger partial charge in [-0.3, -0.25) is 24.6 Å². The van der Waals surface area contributed by atoms with Crippen LogP contribution in [0.25, 0.3) is 0 Å². The van der Waals surface area contributed by atoms with Crippen molar-refractivity contribution in [1.29, 1.82) is 0 Å². The van der Waals surface area contributed by atoms with Gasteiger partial charge in [0.25, 0.3) is 0 Å². The summed E-state index contributed by atoms with van der Waals surface area (Å²) in [5, 5.41) is 8.63. The number of carbonyl (C=O) groups is 1. The van der Waals surface area contributed by atoms with Crippen molar-refractivity contribution in [3.05, 3.63) is 47.6 Å². The number of pyridine rings is 1. The first-order chi connectivity index (χ1) is 14.6. The number of fused-ring (bicyclic) bond motifs is 2. The van der Waals surface area contributed by atoms with Crippen LogP contribution in [-0.2, 0) is 17.8 Å². The van der Waals surface area contributed by atoms with E-state index in [9.17, 15) is 4.79 Å². The van der Waals surface area contributed by atoms with Crippen molar-refractivity contribution >= 4 is 11.6 Å². The highest BCUT2D eigenvalue weighted by atomic mass is 16.1. The van der Waals surface area contributed by atoms with E-state index in [1.54, 1.807) is 0 Å². The van der Waals surface area contributed by atoms with E-state index in [1.165, 1.54) is 11.3 Å². The van der Waals surface area contributed by atoms with E-state index in [-0.39, 0.29) is 24.2 Å². The number of carbonyl (C=O) groups excluding carboxylic acids is 1. The predicted octanol–water partition coefficient (Wildman–Crippen LogP) is 1.21. The second-order valence-corrected chi connectivity index (χ2v) is 8.72. The van der Waals surface area contributed by atoms with Gasteiger partial charge in [0.05, 0.1) is 17.5 Å². The number of hydrazine groups is 1. The van der Waals surface area contributed by atoms with E-state index in [0.29, 0.717) is 0 Å². The molecule has 5 rings (SSSR count). The van der Waals surface area contributed by atoms with Gasteiger partial charge in [-0.1, -0.05) is 13.0 Å². The van der Waals surface area contributed by atoms with E-state index in [4.69, 9.17) is 0 Å². The second kappa shape index (κ2) is 8.02. The van der Waals surface area contributed by atoms with Crippen LogP contribution in [0.5, 0.6) is 0 Å². The lowest BCUT2D eigenvalue weighted by Gasteiger charge is -2.42. The Morgan fingerprint density at radius 3 is 2.77 bits per heavy atom. The minimum Gasteiger partial charge on any atom is -0.363 e. The van der Waals surface area contributed by atoms with Gasteiger partial charge in [0, 0.05) is 63.2 Å². The third-order valence-electron chi connectivity index (χ3n) is 6.56. The number of anilines is 1. The minimum atomic E-state index is 0.0531. The highest BCUT2D eigenvalue weighted by molar-refractivity contribution is 5.95. The summed E-state index contributed by atoms with van der Waals surface area (Å²) in [5.74, 6) is 0.184. The first-order valence-corrected chi connectivity index (χ1v) is 11.0. The summed E-state index contributed by atoms with van der Waals surface area (Å²) in [6, 6.07) is 2.11. The fourth-order valence-corrected chi connectivity index (χ4v) is 4.74. The maximum atomic E-state index is 12.2. The number of nitrogens with zero attached hydrogens (tertiary/aromatic N) is 4. The van der Waals surface area contributed by atoms with Gasteiger partial charge < -0.3 is 10.6 Å². The molecule has 160 valence electrons. The summed E-state index contributed by atoms with van der Waals surface area (Å²) in [5.41, 5.74) is 7.86. The Labute approximate surface area is 178 Å². The number of aromatic nitrogens is 1. The number of nitrogens with one attached hydrogen (secondary N) is 3. The van der Waals surface area contributed by atoms with Crippen LogP contribution in [-0.4, -0.2) is 64.2 Å². The fourth-order valence-electron chi connectivity index (χ4n) is 4.74. The molecule has 0 radical (unpaired) electrons. The standard InChI is InChI=1S/C22H31N7O/c1-3-17-11-18-19(25-22(17)30)10-16(12-23-18)14-27-6-8-28(9-7-27)21-5-4-20-24-15(2)13-29(20)26-21/h4-5,10,12-13,17,20-21,24,26H,3,6-9,11,14H2,1-2H3,(H,25,30). The van der Waals surface area contributed by atoms with Gasteiger partial charge in [0.2, 0.25) is 5.91 Å². The van der Waals surface area contributed by atoms with Crippen molar-refractivity contribution in [1.82, 2.24) is 30.5 Å². The molecular weight excluding hydrogens is 378 g/mol. The molecule has 30 heavy (non-hydrogen) atoms. The van der Waals surface area contributed by atoms with Crippen LogP contribution in [0, 0.1) is 5.92 Å². The molecule has 0 aromatic carbocycles. The molecule has 1 amide bonds. The molecular formula is C22H31N7O. The molecule has 8 heteroatoms.